The molecule has 1 aliphatic heterocycles. The Morgan fingerprint density at radius 1 is 1.19 bits per heavy atom. The number of benzene rings is 2. The largest absolute Gasteiger partial charge is 0.454 e. The number of amides is 1. The Morgan fingerprint density at radius 2 is 1.96 bits per heavy atom. The van der Waals surface area contributed by atoms with Gasteiger partial charge in [-0.05, 0) is 54.4 Å². The SMILES string of the molecule is [2H]C1([2H])Oc2cc(C)c(-c3ccc(NC(=O)c4ccccc4Cl)nc3)cc2O1. The first-order valence-corrected chi connectivity index (χ1v) is 8.25. The minimum absolute atomic E-state index is 0.335. The lowest BCUT2D eigenvalue weighted by Crippen LogP contribution is -2.13. The molecule has 0 radical (unpaired) electrons. The third-order valence-electron chi connectivity index (χ3n) is 4.03. The van der Waals surface area contributed by atoms with Crippen molar-refractivity contribution in [2.45, 2.75) is 6.92 Å². The van der Waals surface area contributed by atoms with Crippen molar-refractivity contribution in [3.63, 3.8) is 0 Å². The van der Waals surface area contributed by atoms with E-state index in [9.17, 15) is 4.79 Å². The molecule has 1 N–H and O–H groups in total. The standard InChI is InChI=1S/C20H15ClN2O3/c1-12-8-17-18(26-11-25-17)9-15(12)13-6-7-19(22-10-13)23-20(24)14-4-2-3-5-16(14)21/h2-10H,11H2,1H3,(H,22,23,24)/i11D2. The maximum absolute atomic E-state index is 12.3. The highest BCUT2D eigenvalue weighted by Crippen LogP contribution is 2.38. The van der Waals surface area contributed by atoms with Gasteiger partial charge in [0.25, 0.3) is 5.91 Å². The van der Waals surface area contributed by atoms with Gasteiger partial charge in [-0.15, -0.1) is 0 Å². The van der Waals surface area contributed by atoms with Crippen molar-refractivity contribution in [1.29, 1.82) is 0 Å². The van der Waals surface area contributed by atoms with E-state index in [2.05, 4.69) is 10.3 Å². The van der Waals surface area contributed by atoms with Gasteiger partial charge in [-0.1, -0.05) is 23.7 Å². The molecule has 0 saturated heterocycles. The quantitative estimate of drug-likeness (QED) is 0.728. The van der Waals surface area contributed by atoms with Crippen LogP contribution in [0.3, 0.4) is 0 Å². The van der Waals surface area contributed by atoms with Gasteiger partial charge in [0.15, 0.2) is 11.5 Å². The molecule has 0 saturated carbocycles. The van der Waals surface area contributed by atoms with Crippen molar-refractivity contribution in [3.05, 3.63) is 70.9 Å². The Kier molecular flexibility index (Phi) is 3.64. The summed E-state index contributed by atoms with van der Waals surface area (Å²) in [6.07, 6.45) is 1.63. The molecule has 130 valence electrons. The number of hydrogen-bond donors (Lipinski definition) is 1. The Morgan fingerprint density at radius 3 is 2.69 bits per heavy atom. The zero-order valence-electron chi connectivity index (χ0n) is 15.7. The van der Waals surface area contributed by atoms with Crippen LogP contribution in [0, 0.1) is 6.92 Å². The highest BCUT2D eigenvalue weighted by molar-refractivity contribution is 6.34. The topological polar surface area (TPSA) is 60.5 Å². The molecular weight excluding hydrogens is 352 g/mol. The number of ether oxygens (including phenoxy) is 2. The lowest BCUT2D eigenvalue weighted by atomic mass is 10.0. The third-order valence-corrected chi connectivity index (χ3v) is 4.36. The van der Waals surface area contributed by atoms with Crippen LogP contribution in [-0.2, 0) is 0 Å². The van der Waals surface area contributed by atoms with Crippen LogP contribution in [0.2, 0.25) is 5.02 Å². The normalized spacial score (nSPS) is 15.2. The highest BCUT2D eigenvalue weighted by Gasteiger charge is 2.17. The summed E-state index contributed by atoms with van der Waals surface area (Å²) < 4.78 is 25.4. The fourth-order valence-corrected chi connectivity index (χ4v) is 2.92. The van der Waals surface area contributed by atoms with Crippen LogP contribution in [-0.4, -0.2) is 17.6 Å². The molecule has 26 heavy (non-hydrogen) atoms. The van der Waals surface area contributed by atoms with Gasteiger partial charge in [0.2, 0.25) is 6.75 Å². The van der Waals surface area contributed by atoms with Crippen LogP contribution in [0.5, 0.6) is 11.5 Å². The Labute approximate surface area is 158 Å². The zero-order chi connectivity index (χ0) is 19.9. The number of hydrogen-bond acceptors (Lipinski definition) is 4. The Bertz CT molecular complexity index is 1070. The third kappa shape index (κ3) is 3.09. The lowest BCUT2D eigenvalue weighted by Gasteiger charge is -2.09. The maximum Gasteiger partial charge on any atom is 0.258 e. The van der Waals surface area contributed by atoms with E-state index >= 15 is 0 Å². The van der Waals surface area contributed by atoms with Gasteiger partial charge >= 0.3 is 0 Å². The Balaban J connectivity index is 1.56. The van der Waals surface area contributed by atoms with E-state index in [0.29, 0.717) is 27.9 Å². The van der Waals surface area contributed by atoms with E-state index in [1.165, 1.54) is 0 Å². The average molecular weight is 369 g/mol. The lowest BCUT2D eigenvalue weighted by molar-refractivity contribution is 0.102. The summed E-state index contributed by atoms with van der Waals surface area (Å²) >= 11 is 6.04. The predicted octanol–water partition coefficient (Wildman–Crippen LogP) is 4.69. The van der Waals surface area contributed by atoms with Gasteiger partial charge in [0, 0.05) is 11.8 Å². The van der Waals surface area contributed by atoms with E-state index in [1.54, 1.807) is 48.7 Å². The molecule has 1 aliphatic rings. The molecule has 0 unspecified atom stereocenters. The fraction of sp³-hybridized carbons (Fsp3) is 0.100. The van der Waals surface area contributed by atoms with Crippen LogP contribution in [0.4, 0.5) is 5.82 Å². The number of nitrogens with zero attached hydrogens (tertiary/aromatic N) is 1. The number of nitrogens with one attached hydrogen (secondary N) is 1. The second-order valence-electron chi connectivity index (χ2n) is 5.77. The van der Waals surface area contributed by atoms with Crippen LogP contribution in [0.1, 0.15) is 18.7 Å². The summed E-state index contributed by atoms with van der Waals surface area (Å²) in [6.45, 7) is -0.279. The van der Waals surface area contributed by atoms with E-state index < -0.39 is 6.75 Å². The number of fused-ring (bicyclic) bond motifs is 1. The number of carbonyl (C=O) groups excluding carboxylic acids is 1. The number of pyridine rings is 1. The molecule has 4 rings (SSSR count). The van der Waals surface area contributed by atoms with Gasteiger partial charge < -0.3 is 14.8 Å². The summed E-state index contributed by atoms with van der Waals surface area (Å²) in [6, 6.07) is 13.7. The van der Waals surface area contributed by atoms with Gasteiger partial charge in [0.1, 0.15) is 8.56 Å². The minimum Gasteiger partial charge on any atom is -0.454 e. The molecule has 2 aromatic carbocycles. The summed E-state index contributed by atoms with van der Waals surface area (Å²) in [5, 5.41) is 3.08. The number of anilines is 1. The van der Waals surface area contributed by atoms with Crippen LogP contribution in [0.25, 0.3) is 11.1 Å². The first-order chi connectivity index (χ1) is 13.3. The predicted molar refractivity (Wildman–Crippen MR) is 99.9 cm³/mol. The smallest absolute Gasteiger partial charge is 0.258 e. The van der Waals surface area contributed by atoms with Gasteiger partial charge in [-0.3, -0.25) is 4.79 Å². The van der Waals surface area contributed by atoms with E-state index in [1.807, 2.05) is 13.0 Å². The summed E-state index contributed by atoms with van der Waals surface area (Å²) in [5.74, 6) is 0.750. The van der Waals surface area contributed by atoms with Crippen molar-refractivity contribution in [2.24, 2.45) is 0 Å². The monoisotopic (exact) mass is 368 g/mol. The number of aryl methyl sites for hydroxylation is 1. The molecule has 0 atom stereocenters. The van der Waals surface area contributed by atoms with Gasteiger partial charge in [0.05, 0.1) is 10.6 Å². The zero-order valence-corrected chi connectivity index (χ0v) is 14.5. The van der Waals surface area contributed by atoms with Crippen LogP contribution < -0.4 is 14.8 Å². The van der Waals surface area contributed by atoms with E-state index in [-0.39, 0.29) is 5.91 Å². The van der Waals surface area contributed by atoms with Crippen molar-refractivity contribution < 1.29 is 17.0 Å². The van der Waals surface area contributed by atoms with Crippen molar-refractivity contribution in [3.8, 4) is 22.6 Å². The number of carbonyl (C=O) groups is 1. The number of halogens is 1. The van der Waals surface area contributed by atoms with E-state index in [0.717, 1.165) is 16.7 Å². The van der Waals surface area contributed by atoms with Crippen molar-refractivity contribution in [1.82, 2.24) is 4.98 Å². The summed E-state index contributed by atoms with van der Waals surface area (Å²) in [7, 11) is 0. The van der Waals surface area contributed by atoms with Crippen LogP contribution in [0.15, 0.2) is 54.7 Å². The highest BCUT2D eigenvalue weighted by atomic mass is 35.5. The molecule has 0 fully saturated rings. The molecular formula is C20H15ClN2O3. The Hall–Kier alpha value is -3.05. The molecule has 0 bridgehead atoms. The first kappa shape index (κ1) is 14.2. The van der Waals surface area contributed by atoms with Gasteiger partial charge in [-0.2, -0.15) is 0 Å². The molecule has 6 heteroatoms. The molecule has 2 heterocycles. The fourth-order valence-electron chi connectivity index (χ4n) is 2.70. The van der Waals surface area contributed by atoms with Crippen molar-refractivity contribution in [2.75, 3.05) is 12.1 Å². The molecule has 0 spiro atoms. The van der Waals surface area contributed by atoms with Gasteiger partial charge in [-0.25, -0.2) is 4.98 Å². The molecule has 1 amide bonds. The van der Waals surface area contributed by atoms with Crippen LogP contribution >= 0.6 is 11.6 Å². The molecule has 0 aliphatic carbocycles. The number of rotatable bonds is 3. The first-order valence-electron chi connectivity index (χ1n) is 8.87. The average Bonchev–Trinajstić information content (AvgIpc) is 2.95. The molecule has 3 aromatic rings. The van der Waals surface area contributed by atoms with Crippen molar-refractivity contribution >= 4 is 23.3 Å². The second kappa shape index (κ2) is 6.69. The molecule has 5 nitrogen and oxygen atoms in total. The molecule has 1 aromatic heterocycles. The maximum atomic E-state index is 12.3. The number of aromatic nitrogens is 1. The second-order valence-corrected chi connectivity index (χ2v) is 6.17. The van der Waals surface area contributed by atoms with E-state index in [4.69, 9.17) is 23.8 Å². The summed E-state index contributed by atoms with van der Waals surface area (Å²) in [5.41, 5.74) is 2.88. The minimum atomic E-state index is -2.17. The summed E-state index contributed by atoms with van der Waals surface area (Å²) in [4.78, 5) is 16.6.